The van der Waals surface area contributed by atoms with Crippen LogP contribution in [0.15, 0.2) is 30.0 Å². The normalized spacial score (nSPS) is 25.4. The number of benzene rings is 1. The van der Waals surface area contributed by atoms with Crippen molar-refractivity contribution in [2.75, 3.05) is 14.2 Å². The highest BCUT2D eigenvalue weighted by Crippen LogP contribution is 2.40. The van der Waals surface area contributed by atoms with Crippen LogP contribution in [0.5, 0.6) is 5.75 Å². The molecule has 1 saturated carbocycles. The van der Waals surface area contributed by atoms with E-state index in [2.05, 4.69) is 32.0 Å². The van der Waals surface area contributed by atoms with Gasteiger partial charge in [0.25, 0.3) is 0 Å². The minimum atomic E-state index is 0.651. The lowest BCUT2D eigenvalue weighted by Gasteiger charge is -2.31. The summed E-state index contributed by atoms with van der Waals surface area (Å²) < 4.78 is 10.5. The van der Waals surface area contributed by atoms with Gasteiger partial charge in [-0.05, 0) is 60.8 Å². The molecule has 0 saturated heterocycles. The van der Waals surface area contributed by atoms with E-state index < -0.39 is 0 Å². The van der Waals surface area contributed by atoms with Crippen LogP contribution in [0.2, 0.25) is 0 Å². The van der Waals surface area contributed by atoms with Crippen LogP contribution in [-0.2, 0) is 4.74 Å². The average Bonchev–Trinajstić information content (AvgIpc) is 2.39. The molecule has 0 aromatic heterocycles. The summed E-state index contributed by atoms with van der Waals surface area (Å²) >= 11 is 0. The molecule has 1 aliphatic carbocycles. The largest absolute Gasteiger partial charge is 0.504 e. The summed E-state index contributed by atoms with van der Waals surface area (Å²) in [5.74, 6) is 2.30. The molecule has 1 aliphatic rings. The Hall–Kier alpha value is -1.44. The topological polar surface area (TPSA) is 18.5 Å². The van der Waals surface area contributed by atoms with Crippen molar-refractivity contribution < 1.29 is 9.47 Å². The molecule has 0 radical (unpaired) electrons. The quantitative estimate of drug-likeness (QED) is 0.748. The second-order valence-electron chi connectivity index (χ2n) is 5.57. The molecule has 2 rings (SSSR count). The Morgan fingerprint density at radius 2 is 2.05 bits per heavy atom. The minimum absolute atomic E-state index is 0.651. The molecule has 0 heterocycles. The van der Waals surface area contributed by atoms with Crippen LogP contribution in [0.4, 0.5) is 0 Å². The summed E-state index contributed by atoms with van der Waals surface area (Å²) in [5.41, 5.74) is 4.11. The highest BCUT2D eigenvalue weighted by atomic mass is 16.5. The maximum atomic E-state index is 5.34. The average molecular weight is 260 g/mol. The summed E-state index contributed by atoms with van der Waals surface area (Å²) in [4.78, 5) is 0. The molecule has 1 aromatic rings. The summed E-state index contributed by atoms with van der Waals surface area (Å²) in [7, 11) is 3.46. The van der Waals surface area contributed by atoms with Crippen molar-refractivity contribution in [3.05, 3.63) is 41.2 Å². The molecule has 0 N–H and O–H groups in total. The number of methoxy groups -OCH3 is 2. The molecular formula is C17H24O2. The number of ether oxygens (including phenoxy) is 2. The van der Waals surface area contributed by atoms with Gasteiger partial charge in [0.15, 0.2) is 0 Å². The number of allylic oxidation sites excluding steroid dienone is 1. The standard InChI is InChI=1S/C17H24O2/c1-12-9-14(11-18-3)5-7-16(12)15-6-8-17(19-4)13(2)10-15/h6,8,10-12,16H,5,7,9H2,1-4H3/b14-11+. The third-order valence-electron chi connectivity index (χ3n) is 4.18. The van der Waals surface area contributed by atoms with Gasteiger partial charge < -0.3 is 9.47 Å². The lowest BCUT2D eigenvalue weighted by Crippen LogP contribution is -2.16. The van der Waals surface area contributed by atoms with E-state index >= 15 is 0 Å². The van der Waals surface area contributed by atoms with Crippen LogP contribution in [0.1, 0.15) is 43.2 Å². The van der Waals surface area contributed by atoms with Crippen LogP contribution in [0.25, 0.3) is 0 Å². The van der Waals surface area contributed by atoms with E-state index in [1.807, 2.05) is 6.26 Å². The van der Waals surface area contributed by atoms with Gasteiger partial charge in [-0.25, -0.2) is 0 Å². The molecule has 2 unspecified atom stereocenters. The molecule has 2 heteroatoms. The number of hydrogen-bond donors (Lipinski definition) is 0. The SMILES string of the molecule is CO/C=C1\CCC(c2ccc(OC)c(C)c2)C(C)C1. The smallest absolute Gasteiger partial charge is 0.121 e. The van der Waals surface area contributed by atoms with Crippen molar-refractivity contribution in [2.45, 2.75) is 39.0 Å². The molecule has 2 nitrogen and oxygen atoms in total. The molecule has 19 heavy (non-hydrogen) atoms. The molecular weight excluding hydrogens is 236 g/mol. The second-order valence-corrected chi connectivity index (χ2v) is 5.57. The zero-order valence-corrected chi connectivity index (χ0v) is 12.4. The fraction of sp³-hybridized carbons (Fsp3) is 0.529. The fourth-order valence-corrected chi connectivity index (χ4v) is 3.18. The maximum Gasteiger partial charge on any atom is 0.121 e. The van der Waals surface area contributed by atoms with Crippen LogP contribution in [-0.4, -0.2) is 14.2 Å². The van der Waals surface area contributed by atoms with Gasteiger partial charge >= 0.3 is 0 Å². The number of hydrogen-bond acceptors (Lipinski definition) is 2. The minimum Gasteiger partial charge on any atom is -0.504 e. The van der Waals surface area contributed by atoms with Crippen molar-refractivity contribution >= 4 is 0 Å². The predicted octanol–water partition coefficient (Wildman–Crippen LogP) is 4.44. The first kappa shape index (κ1) is 14.0. The van der Waals surface area contributed by atoms with Crippen molar-refractivity contribution in [1.29, 1.82) is 0 Å². The Morgan fingerprint density at radius 3 is 2.63 bits per heavy atom. The van der Waals surface area contributed by atoms with Gasteiger partial charge in [0, 0.05) is 0 Å². The van der Waals surface area contributed by atoms with Crippen molar-refractivity contribution in [3.8, 4) is 5.75 Å². The van der Waals surface area contributed by atoms with Gasteiger partial charge in [0.2, 0.25) is 0 Å². The monoisotopic (exact) mass is 260 g/mol. The number of rotatable bonds is 3. The van der Waals surface area contributed by atoms with E-state index in [9.17, 15) is 0 Å². The zero-order valence-electron chi connectivity index (χ0n) is 12.4. The van der Waals surface area contributed by atoms with Crippen molar-refractivity contribution in [2.24, 2.45) is 5.92 Å². The van der Waals surface area contributed by atoms with E-state index in [4.69, 9.17) is 9.47 Å². The van der Waals surface area contributed by atoms with Gasteiger partial charge in [-0.2, -0.15) is 0 Å². The molecule has 0 spiro atoms. The first-order chi connectivity index (χ1) is 9.15. The first-order valence-electron chi connectivity index (χ1n) is 7.01. The molecule has 2 atom stereocenters. The molecule has 1 aromatic carbocycles. The molecule has 0 bridgehead atoms. The van der Waals surface area contributed by atoms with Gasteiger partial charge in [0.05, 0.1) is 20.5 Å². The maximum absolute atomic E-state index is 5.34. The van der Waals surface area contributed by atoms with E-state index in [1.54, 1.807) is 14.2 Å². The van der Waals surface area contributed by atoms with E-state index in [-0.39, 0.29) is 0 Å². The van der Waals surface area contributed by atoms with Gasteiger partial charge in [-0.3, -0.25) is 0 Å². The van der Waals surface area contributed by atoms with E-state index in [0.717, 1.165) is 18.6 Å². The summed E-state index contributed by atoms with van der Waals surface area (Å²) in [6.45, 7) is 4.46. The lowest BCUT2D eigenvalue weighted by molar-refractivity contribution is 0.314. The molecule has 0 amide bonds. The summed E-state index contributed by atoms with van der Waals surface area (Å²) in [6, 6.07) is 6.60. The van der Waals surface area contributed by atoms with Crippen LogP contribution >= 0.6 is 0 Å². The fourth-order valence-electron chi connectivity index (χ4n) is 3.18. The van der Waals surface area contributed by atoms with Crippen LogP contribution in [0, 0.1) is 12.8 Å². The Bertz CT molecular complexity index is 462. The molecule has 1 fully saturated rings. The van der Waals surface area contributed by atoms with E-state index in [0.29, 0.717) is 11.8 Å². The first-order valence-corrected chi connectivity index (χ1v) is 7.01. The predicted molar refractivity (Wildman–Crippen MR) is 78.6 cm³/mol. The van der Waals surface area contributed by atoms with Crippen LogP contribution in [0.3, 0.4) is 0 Å². The third kappa shape index (κ3) is 3.12. The van der Waals surface area contributed by atoms with E-state index in [1.165, 1.54) is 23.1 Å². The van der Waals surface area contributed by atoms with Gasteiger partial charge in [-0.1, -0.05) is 19.1 Å². The highest BCUT2D eigenvalue weighted by Gasteiger charge is 2.25. The molecule has 104 valence electrons. The Kier molecular flexibility index (Phi) is 4.52. The summed E-state index contributed by atoms with van der Waals surface area (Å²) in [6.07, 6.45) is 5.42. The summed E-state index contributed by atoms with van der Waals surface area (Å²) in [5, 5.41) is 0. The Labute approximate surface area is 116 Å². The lowest BCUT2D eigenvalue weighted by atomic mass is 9.74. The highest BCUT2D eigenvalue weighted by molar-refractivity contribution is 5.38. The third-order valence-corrected chi connectivity index (χ3v) is 4.18. The Morgan fingerprint density at radius 1 is 1.26 bits per heavy atom. The van der Waals surface area contributed by atoms with Gasteiger partial charge in [0.1, 0.15) is 5.75 Å². The van der Waals surface area contributed by atoms with Gasteiger partial charge in [-0.15, -0.1) is 0 Å². The second kappa shape index (κ2) is 6.14. The molecule has 0 aliphatic heterocycles. The van der Waals surface area contributed by atoms with Crippen molar-refractivity contribution in [1.82, 2.24) is 0 Å². The number of aryl methyl sites for hydroxylation is 1. The zero-order chi connectivity index (χ0) is 13.8. The van der Waals surface area contributed by atoms with Crippen LogP contribution < -0.4 is 4.74 Å². The Balaban J connectivity index is 2.15. The van der Waals surface area contributed by atoms with Crippen molar-refractivity contribution in [3.63, 3.8) is 0 Å².